The summed E-state index contributed by atoms with van der Waals surface area (Å²) in [5.74, 6) is 1.83. The first-order chi connectivity index (χ1) is 7.20. The van der Waals surface area contributed by atoms with Gasteiger partial charge < -0.3 is 4.74 Å². The van der Waals surface area contributed by atoms with Crippen molar-refractivity contribution in [3.63, 3.8) is 0 Å². The zero-order valence-corrected chi connectivity index (χ0v) is 10.3. The number of hydrogen-bond donors (Lipinski definition) is 0. The van der Waals surface area contributed by atoms with Gasteiger partial charge >= 0.3 is 0 Å². The van der Waals surface area contributed by atoms with Gasteiger partial charge in [0.1, 0.15) is 11.5 Å². The Labute approximate surface area is 93.8 Å². The molecule has 0 amide bonds. The van der Waals surface area contributed by atoms with Crippen LogP contribution in [0.2, 0.25) is 0 Å². The lowest BCUT2D eigenvalue weighted by atomic mass is 10.3. The highest BCUT2D eigenvalue weighted by atomic mass is 16.5. The van der Waals surface area contributed by atoms with Gasteiger partial charge in [0.25, 0.3) is 0 Å². The smallest absolute Gasteiger partial charge is 0.100 e. The molecule has 0 saturated carbocycles. The van der Waals surface area contributed by atoms with Gasteiger partial charge in [0.05, 0.1) is 0 Å². The quantitative estimate of drug-likeness (QED) is 0.450. The highest BCUT2D eigenvalue weighted by Gasteiger charge is 1.89. The molecule has 0 spiro atoms. The van der Waals surface area contributed by atoms with Crippen LogP contribution in [0, 0.1) is 0 Å². The Morgan fingerprint density at radius 3 is 1.60 bits per heavy atom. The van der Waals surface area contributed by atoms with E-state index in [1.807, 2.05) is 38.2 Å². The van der Waals surface area contributed by atoms with Crippen LogP contribution in [0.4, 0.5) is 0 Å². The second-order valence-electron chi connectivity index (χ2n) is 3.33. The molecule has 15 heavy (non-hydrogen) atoms. The van der Waals surface area contributed by atoms with Crippen molar-refractivity contribution in [2.24, 2.45) is 0 Å². The van der Waals surface area contributed by atoms with E-state index in [4.69, 9.17) is 4.74 Å². The molecule has 0 saturated heterocycles. The minimum atomic E-state index is 0.915. The van der Waals surface area contributed by atoms with Gasteiger partial charge in [-0.2, -0.15) is 0 Å². The molecule has 0 aromatic carbocycles. The average molecular weight is 206 g/mol. The largest absolute Gasteiger partial charge is 0.467 e. The van der Waals surface area contributed by atoms with Crippen molar-refractivity contribution in [3.8, 4) is 0 Å². The number of allylic oxidation sites excluding steroid dienone is 8. The van der Waals surface area contributed by atoms with Crippen molar-refractivity contribution in [1.29, 1.82) is 0 Å². The lowest BCUT2D eigenvalue weighted by molar-refractivity contribution is 0.309. The fraction of sp³-hybridized carbons (Fsp3) is 0.429. The van der Waals surface area contributed by atoms with Crippen molar-refractivity contribution < 1.29 is 4.74 Å². The van der Waals surface area contributed by atoms with Gasteiger partial charge in [0.2, 0.25) is 0 Å². The summed E-state index contributed by atoms with van der Waals surface area (Å²) in [5, 5.41) is 0. The molecule has 0 bridgehead atoms. The van der Waals surface area contributed by atoms with E-state index in [1.165, 1.54) is 0 Å². The Morgan fingerprint density at radius 1 is 0.867 bits per heavy atom. The summed E-state index contributed by atoms with van der Waals surface area (Å²) in [7, 11) is 0. The highest BCUT2D eigenvalue weighted by Crippen LogP contribution is 2.05. The second-order valence-corrected chi connectivity index (χ2v) is 3.33. The van der Waals surface area contributed by atoms with E-state index in [0.717, 1.165) is 24.4 Å². The van der Waals surface area contributed by atoms with E-state index < -0.39 is 0 Å². The van der Waals surface area contributed by atoms with Crippen LogP contribution in [-0.4, -0.2) is 0 Å². The molecule has 0 N–H and O–H groups in total. The van der Waals surface area contributed by atoms with Crippen LogP contribution in [0.3, 0.4) is 0 Å². The third kappa shape index (κ3) is 9.07. The maximum atomic E-state index is 5.56. The van der Waals surface area contributed by atoms with Crippen molar-refractivity contribution in [2.75, 3.05) is 0 Å². The van der Waals surface area contributed by atoms with E-state index in [9.17, 15) is 0 Å². The highest BCUT2D eigenvalue weighted by molar-refractivity contribution is 5.11. The molecule has 84 valence electrons. The molecular formula is C14H22O. The van der Waals surface area contributed by atoms with Gasteiger partial charge in [0.15, 0.2) is 0 Å². The van der Waals surface area contributed by atoms with Gasteiger partial charge in [0, 0.05) is 0 Å². The van der Waals surface area contributed by atoms with E-state index >= 15 is 0 Å². The number of ether oxygens (including phenoxy) is 1. The van der Waals surface area contributed by atoms with Crippen LogP contribution in [0.25, 0.3) is 0 Å². The monoisotopic (exact) mass is 206 g/mol. The standard InChI is InChI=1S/C14H22O/c1-5-7-9-11-13(3)15-14(4)12-10-8-6-2/h7-12H,5-6H2,1-4H3/b9-7-,10-8-,13-11-,14-12+. The predicted octanol–water partition coefficient (Wildman–Crippen LogP) is 4.74. The SMILES string of the molecule is CC/C=C\C=C(\C)O/C(C)=C/C=C\CC. The van der Waals surface area contributed by atoms with Gasteiger partial charge in [-0.25, -0.2) is 0 Å². The predicted molar refractivity (Wildman–Crippen MR) is 67.5 cm³/mol. The first-order valence-electron chi connectivity index (χ1n) is 5.55. The molecule has 0 aliphatic carbocycles. The van der Waals surface area contributed by atoms with Crippen LogP contribution in [0.1, 0.15) is 40.5 Å². The topological polar surface area (TPSA) is 9.23 Å². The minimum Gasteiger partial charge on any atom is -0.467 e. The molecule has 0 aromatic rings. The summed E-state index contributed by atoms with van der Waals surface area (Å²) in [6, 6.07) is 0. The summed E-state index contributed by atoms with van der Waals surface area (Å²) in [6.07, 6.45) is 14.3. The summed E-state index contributed by atoms with van der Waals surface area (Å²) in [6.45, 7) is 8.14. The second kappa shape index (κ2) is 9.32. The Kier molecular flexibility index (Phi) is 8.55. The van der Waals surface area contributed by atoms with Crippen LogP contribution >= 0.6 is 0 Å². The summed E-state index contributed by atoms with van der Waals surface area (Å²) in [5.41, 5.74) is 0. The number of rotatable bonds is 6. The minimum absolute atomic E-state index is 0.915. The zero-order chi connectivity index (χ0) is 11.5. The molecule has 0 heterocycles. The summed E-state index contributed by atoms with van der Waals surface area (Å²) in [4.78, 5) is 0. The Morgan fingerprint density at radius 2 is 1.27 bits per heavy atom. The van der Waals surface area contributed by atoms with Gasteiger partial charge in [-0.3, -0.25) is 0 Å². The summed E-state index contributed by atoms with van der Waals surface area (Å²) < 4.78 is 5.56. The van der Waals surface area contributed by atoms with Crippen LogP contribution < -0.4 is 0 Å². The Hall–Kier alpha value is -1.24. The Bertz CT molecular complexity index is 239. The van der Waals surface area contributed by atoms with Crippen LogP contribution in [0.15, 0.2) is 48.0 Å². The normalized spacial score (nSPS) is 14.1. The molecule has 0 fully saturated rings. The van der Waals surface area contributed by atoms with E-state index in [1.54, 1.807) is 0 Å². The molecule has 0 atom stereocenters. The first-order valence-corrected chi connectivity index (χ1v) is 5.55. The molecule has 1 nitrogen and oxygen atoms in total. The molecule has 0 aliphatic heterocycles. The lowest BCUT2D eigenvalue weighted by Crippen LogP contribution is -1.84. The van der Waals surface area contributed by atoms with Crippen LogP contribution in [-0.2, 0) is 4.74 Å². The van der Waals surface area contributed by atoms with E-state index in [-0.39, 0.29) is 0 Å². The maximum absolute atomic E-state index is 5.56. The fourth-order valence-corrected chi connectivity index (χ4v) is 1.00. The lowest BCUT2D eigenvalue weighted by Gasteiger charge is -2.03. The summed E-state index contributed by atoms with van der Waals surface area (Å²) >= 11 is 0. The van der Waals surface area contributed by atoms with E-state index in [0.29, 0.717) is 0 Å². The van der Waals surface area contributed by atoms with Crippen LogP contribution in [0.5, 0.6) is 0 Å². The molecule has 0 aromatic heterocycles. The fourth-order valence-electron chi connectivity index (χ4n) is 1.00. The average Bonchev–Trinajstić information content (AvgIpc) is 2.18. The van der Waals surface area contributed by atoms with Crippen molar-refractivity contribution in [2.45, 2.75) is 40.5 Å². The molecule has 0 unspecified atom stereocenters. The first kappa shape index (κ1) is 13.8. The zero-order valence-electron chi connectivity index (χ0n) is 10.3. The third-order valence-corrected chi connectivity index (χ3v) is 1.73. The van der Waals surface area contributed by atoms with E-state index in [2.05, 4.69) is 26.0 Å². The van der Waals surface area contributed by atoms with Gasteiger partial charge in [-0.15, -0.1) is 0 Å². The van der Waals surface area contributed by atoms with Gasteiger partial charge in [-0.1, -0.05) is 38.2 Å². The maximum Gasteiger partial charge on any atom is 0.100 e. The van der Waals surface area contributed by atoms with Crippen molar-refractivity contribution in [3.05, 3.63) is 48.0 Å². The van der Waals surface area contributed by atoms with Crippen molar-refractivity contribution in [1.82, 2.24) is 0 Å². The molecule has 0 rings (SSSR count). The van der Waals surface area contributed by atoms with Crippen molar-refractivity contribution >= 4 is 0 Å². The third-order valence-electron chi connectivity index (χ3n) is 1.73. The molecule has 0 aliphatic rings. The molecular weight excluding hydrogens is 184 g/mol. The molecule has 0 radical (unpaired) electrons. The number of hydrogen-bond acceptors (Lipinski definition) is 1. The molecule has 1 heteroatoms. The Balaban J connectivity index is 4.10. The van der Waals surface area contributed by atoms with Gasteiger partial charge in [-0.05, 0) is 38.8 Å².